The molecule has 0 radical (unpaired) electrons. The van der Waals surface area contributed by atoms with Gasteiger partial charge in [0.15, 0.2) is 11.6 Å². The average Bonchev–Trinajstić information content (AvgIpc) is 2.62. The summed E-state index contributed by atoms with van der Waals surface area (Å²) in [5, 5.41) is 0.262. The van der Waals surface area contributed by atoms with Crippen LogP contribution >= 0.6 is 34.8 Å². The molecule has 3 aromatic rings. The Labute approximate surface area is 169 Å². The van der Waals surface area contributed by atoms with Gasteiger partial charge in [0.1, 0.15) is 0 Å². The number of hydrogen-bond acceptors (Lipinski definition) is 2. The predicted octanol–water partition coefficient (Wildman–Crippen LogP) is 6.39. The molecule has 140 valence electrons. The van der Waals surface area contributed by atoms with Crippen molar-refractivity contribution in [3.8, 4) is 11.1 Å². The average molecular weight is 449 g/mol. The highest BCUT2D eigenvalue weighted by atomic mass is 35.5. The molecule has 0 atom stereocenters. The van der Waals surface area contributed by atoms with Crippen LogP contribution in [0, 0.1) is 11.6 Å². The van der Waals surface area contributed by atoms with Gasteiger partial charge in [-0.2, -0.15) is 0 Å². The summed E-state index contributed by atoms with van der Waals surface area (Å²) >= 11 is 17.9. The summed E-state index contributed by atoms with van der Waals surface area (Å²) in [6.45, 7) is 0. The minimum Gasteiger partial charge on any atom is -0.279 e. The molecule has 3 nitrogen and oxygen atoms in total. The van der Waals surface area contributed by atoms with Crippen LogP contribution in [0.1, 0.15) is 0 Å². The van der Waals surface area contributed by atoms with Crippen LogP contribution in [0.2, 0.25) is 15.1 Å². The lowest BCUT2D eigenvalue weighted by atomic mass is 10.0. The van der Waals surface area contributed by atoms with Crippen molar-refractivity contribution in [2.45, 2.75) is 4.90 Å². The van der Waals surface area contributed by atoms with E-state index in [1.54, 1.807) is 18.2 Å². The Kier molecular flexibility index (Phi) is 5.63. The van der Waals surface area contributed by atoms with E-state index >= 15 is 0 Å². The van der Waals surface area contributed by atoms with Crippen LogP contribution in [0.4, 0.5) is 14.5 Å². The first kappa shape index (κ1) is 19.9. The molecule has 9 heteroatoms. The first-order valence-corrected chi connectivity index (χ1v) is 10.0. The largest absolute Gasteiger partial charge is 0.279 e. The van der Waals surface area contributed by atoms with Gasteiger partial charge in [-0.1, -0.05) is 53.0 Å². The third kappa shape index (κ3) is 4.19. The van der Waals surface area contributed by atoms with Gasteiger partial charge in [0, 0.05) is 11.6 Å². The van der Waals surface area contributed by atoms with E-state index in [1.807, 2.05) is 0 Å². The summed E-state index contributed by atoms with van der Waals surface area (Å²) in [6, 6.07) is 11.8. The molecule has 0 saturated carbocycles. The molecular weight excluding hydrogens is 439 g/mol. The molecule has 0 aliphatic carbocycles. The van der Waals surface area contributed by atoms with Gasteiger partial charge in [-0.3, -0.25) is 4.72 Å². The molecule has 0 saturated heterocycles. The summed E-state index contributed by atoms with van der Waals surface area (Å²) < 4.78 is 55.0. The second kappa shape index (κ2) is 7.64. The van der Waals surface area contributed by atoms with Gasteiger partial charge in [0.25, 0.3) is 10.0 Å². The first-order valence-electron chi connectivity index (χ1n) is 7.41. The van der Waals surface area contributed by atoms with E-state index in [0.29, 0.717) is 0 Å². The van der Waals surface area contributed by atoms with E-state index in [2.05, 4.69) is 4.72 Å². The number of benzene rings is 3. The zero-order chi connectivity index (χ0) is 19.8. The molecule has 0 aliphatic heterocycles. The van der Waals surface area contributed by atoms with Crippen molar-refractivity contribution in [3.63, 3.8) is 0 Å². The molecule has 3 aromatic carbocycles. The second-order valence-electron chi connectivity index (χ2n) is 5.48. The fourth-order valence-corrected chi connectivity index (χ4v) is 4.07. The number of halogens is 5. The Morgan fingerprint density at radius 1 is 0.815 bits per heavy atom. The number of anilines is 1. The van der Waals surface area contributed by atoms with Crippen LogP contribution in [0.15, 0.2) is 59.5 Å². The van der Waals surface area contributed by atoms with Crippen LogP contribution in [0.25, 0.3) is 11.1 Å². The summed E-state index contributed by atoms with van der Waals surface area (Å²) in [5.74, 6) is -2.37. The topological polar surface area (TPSA) is 46.2 Å². The first-order chi connectivity index (χ1) is 12.7. The Hall–Kier alpha value is -1.86. The standard InChI is InChI=1S/C18H10Cl3F2NO2S/c19-13-6-10(7-14(20)18(13)21)12-8-15(22)16(23)9-17(12)24-27(25,26)11-4-2-1-3-5-11/h1-9,24H. The Balaban J connectivity index is 2.16. The van der Waals surface area contributed by atoms with Crippen molar-refractivity contribution in [1.82, 2.24) is 0 Å². The smallest absolute Gasteiger partial charge is 0.261 e. The van der Waals surface area contributed by atoms with E-state index in [1.165, 1.54) is 24.3 Å². The molecule has 0 aliphatic rings. The van der Waals surface area contributed by atoms with Gasteiger partial charge in [-0.25, -0.2) is 17.2 Å². The van der Waals surface area contributed by atoms with Crippen molar-refractivity contribution >= 4 is 50.5 Å². The highest BCUT2D eigenvalue weighted by Crippen LogP contribution is 2.38. The maximum Gasteiger partial charge on any atom is 0.261 e. The Bertz CT molecular complexity index is 1100. The van der Waals surface area contributed by atoms with Crippen LogP contribution in [0.5, 0.6) is 0 Å². The Morgan fingerprint density at radius 3 is 1.96 bits per heavy atom. The van der Waals surface area contributed by atoms with Gasteiger partial charge in [-0.05, 0) is 35.9 Å². The van der Waals surface area contributed by atoms with Crippen molar-refractivity contribution in [2.24, 2.45) is 0 Å². The summed E-state index contributed by atoms with van der Waals surface area (Å²) in [6.07, 6.45) is 0. The fourth-order valence-electron chi connectivity index (χ4n) is 2.38. The number of nitrogens with one attached hydrogen (secondary N) is 1. The molecule has 0 fully saturated rings. The third-order valence-electron chi connectivity index (χ3n) is 3.65. The lowest BCUT2D eigenvalue weighted by Gasteiger charge is -2.14. The van der Waals surface area contributed by atoms with E-state index in [0.717, 1.165) is 12.1 Å². The third-order valence-corrected chi connectivity index (χ3v) is 6.23. The van der Waals surface area contributed by atoms with Gasteiger partial charge in [0.05, 0.1) is 25.7 Å². The van der Waals surface area contributed by atoms with Crippen molar-refractivity contribution in [3.05, 3.63) is 81.3 Å². The zero-order valence-electron chi connectivity index (χ0n) is 13.3. The molecule has 0 aromatic heterocycles. The minimum absolute atomic E-state index is 0.0344. The lowest BCUT2D eigenvalue weighted by Crippen LogP contribution is -2.14. The maximum absolute atomic E-state index is 13.8. The van der Waals surface area contributed by atoms with E-state index in [4.69, 9.17) is 34.8 Å². The highest BCUT2D eigenvalue weighted by molar-refractivity contribution is 7.92. The summed E-state index contributed by atoms with van der Waals surface area (Å²) in [5.41, 5.74) is 0.139. The minimum atomic E-state index is -4.03. The monoisotopic (exact) mass is 447 g/mol. The van der Waals surface area contributed by atoms with Gasteiger partial charge >= 0.3 is 0 Å². The van der Waals surface area contributed by atoms with E-state index < -0.39 is 21.7 Å². The van der Waals surface area contributed by atoms with Crippen LogP contribution in [-0.2, 0) is 10.0 Å². The molecular formula is C18H10Cl3F2NO2S. The molecule has 27 heavy (non-hydrogen) atoms. The molecule has 0 spiro atoms. The van der Waals surface area contributed by atoms with Gasteiger partial charge in [0.2, 0.25) is 0 Å². The zero-order valence-corrected chi connectivity index (χ0v) is 16.4. The SMILES string of the molecule is O=S(=O)(Nc1cc(F)c(F)cc1-c1cc(Cl)c(Cl)c(Cl)c1)c1ccccc1. The molecule has 1 N–H and O–H groups in total. The number of rotatable bonds is 4. The lowest BCUT2D eigenvalue weighted by molar-refractivity contribution is 0.509. The Morgan fingerprint density at radius 2 is 1.37 bits per heavy atom. The maximum atomic E-state index is 13.8. The van der Waals surface area contributed by atoms with E-state index in [9.17, 15) is 17.2 Å². The quantitative estimate of drug-likeness (QED) is 0.470. The van der Waals surface area contributed by atoms with Gasteiger partial charge < -0.3 is 0 Å². The molecule has 0 heterocycles. The molecule has 3 rings (SSSR count). The van der Waals surface area contributed by atoms with Gasteiger partial charge in [-0.15, -0.1) is 0 Å². The molecule has 0 bridgehead atoms. The van der Waals surface area contributed by atoms with Crippen LogP contribution in [0.3, 0.4) is 0 Å². The highest BCUT2D eigenvalue weighted by Gasteiger charge is 2.20. The number of hydrogen-bond donors (Lipinski definition) is 1. The van der Waals surface area contributed by atoms with Crippen molar-refractivity contribution < 1.29 is 17.2 Å². The summed E-state index contributed by atoms with van der Waals surface area (Å²) in [4.78, 5) is -0.0344. The predicted molar refractivity (Wildman–Crippen MR) is 104 cm³/mol. The van der Waals surface area contributed by atoms with Crippen LogP contribution in [-0.4, -0.2) is 8.42 Å². The second-order valence-corrected chi connectivity index (χ2v) is 8.36. The van der Waals surface area contributed by atoms with Crippen molar-refractivity contribution in [2.75, 3.05) is 4.72 Å². The van der Waals surface area contributed by atoms with Crippen molar-refractivity contribution in [1.29, 1.82) is 0 Å². The van der Waals surface area contributed by atoms with Crippen LogP contribution < -0.4 is 4.72 Å². The normalized spacial score (nSPS) is 11.4. The summed E-state index contributed by atoms with van der Waals surface area (Å²) in [7, 11) is -4.03. The molecule has 0 amide bonds. The number of sulfonamides is 1. The van der Waals surface area contributed by atoms with E-state index in [-0.39, 0.29) is 36.8 Å². The fraction of sp³-hybridized carbons (Fsp3) is 0. The molecule has 0 unspecified atom stereocenters.